The molecule has 0 saturated carbocycles. The molecule has 0 amide bonds. The number of guanidine groups is 1. The summed E-state index contributed by atoms with van der Waals surface area (Å²) in [5, 5.41) is 13.9. The van der Waals surface area contributed by atoms with Crippen LogP contribution in [0.5, 0.6) is 5.75 Å². The summed E-state index contributed by atoms with van der Waals surface area (Å²) in [4.78, 5) is 9.53. The van der Waals surface area contributed by atoms with Gasteiger partial charge in [0.05, 0.1) is 19.8 Å². The molecular formula is C21H37IN4O2. The lowest BCUT2D eigenvalue weighted by Crippen LogP contribution is -2.41. The number of likely N-dealkylation sites (tertiary alicyclic amines) is 1. The predicted octanol–water partition coefficient (Wildman–Crippen LogP) is 2.98. The van der Waals surface area contributed by atoms with Crippen LogP contribution in [0.3, 0.4) is 0 Å². The number of aliphatic imine (C=N–C) groups is 1. The van der Waals surface area contributed by atoms with Crippen molar-refractivity contribution in [3.8, 4) is 5.75 Å². The molecule has 1 aliphatic heterocycles. The van der Waals surface area contributed by atoms with Crippen LogP contribution >= 0.6 is 24.0 Å². The van der Waals surface area contributed by atoms with E-state index in [4.69, 9.17) is 9.73 Å². The lowest BCUT2D eigenvalue weighted by molar-refractivity contribution is 0.186. The van der Waals surface area contributed by atoms with Crippen molar-refractivity contribution < 1.29 is 9.84 Å². The molecule has 7 heteroatoms. The van der Waals surface area contributed by atoms with E-state index in [0.29, 0.717) is 12.5 Å². The molecule has 0 aliphatic carbocycles. The van der Waals surface area contributed by atoms with Crippen LogP contribution in [0.2, 0.25) is 0 Å². The zero-order valence-electron chi connectivity index (χ0n) is 17.7. The Morgan fingerprint density at radius 1 is 1.36 bits per heavy atom. The Kier molecular flexibility index (Phi) is 11.8. The van der Waals surface area contributed by atoms with Gasteiger partial charge in [0.1, 0.15) is 5.75 Å². The molecule has 28 heavy (non-hydrogen) atoms. The van der Waals surface area contributed by atoms with Crippen molar-refractivity contribution in [1.29, 1.82) is 0 Å². The lowest BCUT2D eigenvalue weighted by atomic mass is 10.1. The summed E-state index contributed by atoms with van der Waals surface area (Å²) < 4.78 is 5.24. The minimum Gasteiger partial charge on any atom is -0.497 e. The van der Waals surface area contributed by atoms with Gasteiger partial charge in [0.2, 0.25) is 0 Å². The summed E-state index contributed by atoms with van der Waals surface area (Å²) in [6.45, 7) is 13.1. The van der Waals surface area contributed by atoms with Crippen molar-refractivity contribution in [2.75, 3.05) is 52.9 Å². The van der Waals surface area contributed by atoms with Gasteiger partial charge in [-0.15, -0.1) is 24.0 Å². The maximum atomic E-state index is 10.5. The third-order valence-electron chi connectivity index (χ3n) is 5.22. The molecule has 1 aromatic carbocycles. The molecule has 0 bridgehead atoms. The second-order valence-corrected chi connectivity index (χ2v) is 7.07. The smallest absolute Gasteiger partial charge is 0.194 e. The Morgan fingerprint density at radius 3 is 2.75 bits per heavy atom. The summed E-state index contributed by atoms with van der Waals surface area (Å²) in [5.74, 6) is 2.33. The first-order valence-electron chi connectivity index (χ1n) is 10.2. The summed E-state index contributed by atoms with van der Waals surface area (Å²) in [7, 11) is 1.63. The van der Waals surface area contributed by atoms with Crippen LogP contribution in [-0.2, 0) is 0 Å². The fourth-order valence-electron chi connectivity index (χ4n) is 3.57. The van der Waals surface area contributed by atoms with E-state index in [1.807, 2.05) is 24.3 Å². The molecule has 160 valence electrons. The normalized spacial score (nSPS) is 18.1. The van der Waals surface area contributed by atoms with Gasteiger partial charge in [-0.2, -0.15) is 0 Å². The molecule has 1 aliphatic rings. The van der Waals surface area contributed by atoms with Crippen LogP contribution in [0.25, 0.3) is 0 Å². The van der Waals surface area contributed by atoms with E-state index in [9.17, 15) is 5.11 Å². The number of hydrogen-bond donors (Lipinski definition) is 2. The van der Waals surface area contributed by atoms with E-state index in [2.05, 4.69) is 35.9 Å². The topological polar surface area (TPSA) is 60.3 Å². The predicted molar refractivity (Wildman–Crippen MR) is 127 cm³/mol. The number of nitrogens with zero attached hydrogens (tertiary/aromatic N) is 3. The van der Waals surface area contributed by atoms with Gasteiger partial charge in [0.15, 0.2) is 5.96 Å². The Bertz CT molecular complexity index is 596. The van der Waals surface area contributed by atoms with Gasteiger partial charge in [-0.05, 0) is 50.0 Å². The Morgan fingerprint density at radius 2 is 2.11 bits per heavy atom. The van der Waals surface area contributed by atoms with E-state index in [-0.39, 0.29) is 24.0 Å². The van der Waals surface area contributed by atoms with Gasteiger partial charge >= 0.3 is 0 Å². The fraction of sp³-hybridized carbons (Fsp3) is 0.667. The summed E-state index contributed by atoms with van der Waals surface area (Å²) in [6.07, 6.45) is 0.558. The van der Waals surface area contributed by atoms with E-state index in [1.54, 1.807) is 7.11 Å². The zero-order valence-corrected chi connectivity index (χ0v) is 20.1. The van der Waals surface area contributed by atoms with Crippen molar-refractivity contribution in [1.82, 2.24) is 15.1 Å². The summed E-state index contributed by atoms with van der Waals surface area (Å²) in [6, 6.07) is 7.54. The second kappa shape index (κ2) is 13.2. The molecule has 0 aromatic heterocycles. The second-order valence-electron chi connectivity index (χ2n) is 7.07. The molecular weight excluding hydrogens is 467 g/mol. The molecule has 2 unspecified atom stereocenters. The number of nitrogens with one attached hydrogen (secondary N) is 1. The van der Waals surface area contributed by atoms with Crippen LogP contribution in [0, 0.1) is 5.92 Å². The Labute approximate surface area is 187 Å². The molecule has 2 rings (SSSR count). The largest absolute Gasteiger partial charge is 0.497 e. The minimum absolute atomic E-state index is 0. The number of methoxy groups -OCH3 is 1. The van der Waals surface area contributed by atoms with Crippen LogP contribution in [-0.4, -0.2) is 73.8 Å². The first kappa shape index (κ1) is 25.0. The number of aliphatic hydroxyl groups excluding tert-OH is 1. The van der Waals surface area contributed by atoms with E-state index in [0.717, 1.165) is 56.5 Å². The number of hydrogen-bond acceptors (Lipinski definition) is 4. The first-order valence-corrected chi connectivity index (χ1v) is 10.2. The number of halogens is 1. The van der Waals surface area contributed by atoms with Crippen LogP contribution in [0.4, 0.5) is 0 Å². The quantitative estimate of drug-likeness (QED) is 0.308. The highest BCUT2D eigenvalue weighted by Gasteiger charge is 2.26. The van der Waals surface area contributed by atoms with E-state index >= 15 is 0 Å². The third-order valence-corrected chi connectivity index (χ3v) is 5.22. The summed E-state index contributed by atoms with van der Waals surface area (Å²) >= 11 is 0. The lowest BCUT2D eigenvalue weighted by Gasteiger charge is -2.24. The number of aliphatic hydroxyl groups is 1. The number of benzene rings is 1. The van der Waals surface area contributed by atoms with Crippen LogP contribution in [0.1, 0.15) is 38.9 Å². The molecule has 1 heterocycles. The van der Waals surface area contributed by atoms with Gasteiger partial charge in [-0.1, -0.05) is 26.0 Å². The molecule has 1 fully saturated rings. The average Bonchev–Trinajstić information content (AvgIpc) is 3.17. The van der Waals surface area contributed by atoms with E-state index in [1.165, 1.54) is 6.42 Å². The van der Waals surface area contributed by atoms with Gasteiger partial charge in [0, 0.05) is 26.2 Å². The Balaban J connectivity index is 0.00000392. The number of ether oxygens (including phenoxy) is 1. The van der Waals surface area contributed by atoms with Gasteiger partial charge in [0.25, 0.3) is 0 Å². The third kappa shape index (κ3) is 7.40. The van der Waals surface area contributed by atoms with Crippen LogP contribution < -0.4 is 10.1 Å². The molecule has 2 atom stereocenters. The van der Waals surface area contributed by atoms with E-state index < -0.39 is 6.10 Å². The maximum absolute atomic E-state index is 10.5. The molecule has 2 N–H and O–H groups in total. The summed E-state index contributed by atoms with van der Waals surface area (Å²) in [5.41, 5.74) is 0.829. The first-order chi connectivity index (χ1) is 13.1. The van der Waals surface area contributed by atoms with Crippen LogP contribution in [0.15, 0.2) is 29.3 Å². The minimum atomic E-state index is -0.636. The van der Waals surface area contributed by atoms with Gasteiger partial charge in [-0.3, -0.25) is 4.99 Å². The zero-order chi connectivity index (χ0) is 19.6. The molecule has 1 aromatic rings. The fourth-order valence-corrected chi connectivity index (χ4v) is 3.57. The van der Waals surface area contributed by atoms with Gasteiger partial charge in [-0.25, -0.2) is 0 Å². The SMILES string of the molecule is CCNC(=NCC(O)c1cccc(OC)c1)N1CCC(CN(CC)CC)C1.I. The Hall–Kier alpha value is -1.06. The van der Waals surface area contributed by atoms with Crippen molar-refractivity contribution in [2.45, 2.75) is 33.3 Å². The monoisotopic (exact) mass is 504 g/mol. The highest BCUT2D eigenvalue weighted by molar-refractivity contribution is 14.0. The number of rotatable bonds is 9. The van der Waals surface area contributed by atoms with Crippen molar-refractivity contribution in [3.63, 3.8) is 0 Å². The average molecular weight is 504 g/mol. The van der Waals surface area contributed by atoms with Crippen molar-refractivity contribution in [2.24, 2.45) is 10.9 Å². The van der Waals surface area contributed by atoms with Gasteiger partial charge < -0.3 is 25.0 Å². The molecule has 1 saturated heterocycles. The molecule has 0 spiro atoms. The van der Waals surface area contributed by atoms with Crippen molar-refractivity contribution in [3.05, 3.63) is 29.8 Å². The standard InChI is InChI=1S/C21H36N4O2.HI/c1-5-22-21(25-12-11-17(16-25)15-24(6-2)7-3)23-14-20(26)18-9-8-10-19(13-18)27-4;/h8-10,13,17,20,26H,5-7,11-12,14-16H2,1-4H3,(H,22,23);1H. The highest BCUT2D eigenvalue weighted by Crippen LogP contribution is 2.20. The molecule has 6 nitrogen and oxygen atoms in total. The molecule has 0 radical (unpaired) electrons. The van der Waals surface area contributed by atoms with Crippen molar-refractivity contribution >= 4 is 29.9 Å². The maximum Gasteiger partial charge on any atom is 0.194 e. The highest BCUT2D eigenvalue weighted by atomic mass is 127.